The number of aromatic hydroxyl groups is 1. The lowest BCUT2D eigenvalue weighted by atomic mass is 9.98. The molecule has 3 N–H and O–H groups in total. The minimum absolute atomic E-state index is 0.0112. The fourth-order valence-electron chi connectivity index (χ4n) is 2.37. The maximum atomic E-state index is 12.0. The first kappa shape index (κ1) is 21.1. The monoisotopic (exact) mass is 352 g/mol. The van der Waals surface area contributed by atoms with Crippen molar-refractivity contribution in [2.75, 3.05) is 0 Å². The third-order valence-electron chi connectivity index (χ3n) is 4.22. The number of carbonyl (C=O) groups is 1. The fraction of sp³-hybridized carbons (Fsp3) is 0.579. The second kappa shape index (κ2) is 9.53. The highest BCUT2D eigenvalue weighted by Gasteiger charge is 2.15. The van der Waals surface area contributed by atoms with Crippen LogP contribution in [0.15, 0.2) is 26.9 Å². The molecule has 0 spiro atoms. The van der Waals surface area contributed by atoms with E-state index in [-0.39, 0.29) is 41.6 Å². The average molecular weight is 352 g/mol. The zero-order valence-electron chi connectivity index (χ0n) is 15.3. The van der Waals surface area contributed by atoms with Gasteiger partial charge in [-0.1, -0.05) is 18.6 Å². The number of ketones is 1. The van der Waals surface area contributed by atoms with E-state index in [1.807, 2.05) is 19.9 Å². The van der Waals surface area contributed by atoms with Crippen LogP contribution in [0.1, 0.15) is 51.4 Å². The quantitative estimate of drug-likeness (QED) is 0.588. The Kier molecular flexibility index (Phi) is 8.06. The van der Waals surface area contributed by atoms with Crippen LogP contribution in [0.5, 0.6) is 5.75 Å². The van der Waals surface area contributed by atoms with Gasteiger partial charge in [-0.3, -0.25) is 4.79 Å². The van der Waals surface area contributed by atoms with Crippen LogP contribution in [-0.4, -0.2) is 33.3 Å². The molecule has 0 aromatic carbocycles. The van der Waals surface area contributed by atoms with E-state index in [1.54, 1.807) is 6.92 Å². The van der Waals surface area contributed by atoms with Gasteiger partial charge in [0, 0.05) is 25.3 Å². The van der Waals surface area contributed by atoms with Crippen LogP contribution in [0.2, 0.25) is 0 Å². The summed E-state index contributed by atoms with van der Waals surface area (Å²) in [6, 6.07) is 1.29. The summed E-state index contributed by atoms with van der Waals surface area (Å²) in [7, 11) is 0. The summed E-state index contributed by atoms with van der Waals surface area (Å²) in [5.41, 5.74) is 0.482. The van der Waals surface area contributed by atoms with Crippen LogP contribution >= 0.6 is 0 Å². The Morgan fingerprint density at radius 2 is 1.92 bits per heavy atom. The molecule has 0 aliphatic carbocycles. The van der Waals surface area contributed by atoms with Crippen molar-refractivity contribution in [3.63, 3.8) is 0 Å². The van der Waals surface area contributed by atoms with Gasteiger partial charge >= 0.3 is 5.63 Å². The van der Waals surface area contributed by atoms with E-state index in [1.165, 1.54) is 13.0 Å². The number of aliphatic hydroxyl groups is 2. The molecule has 1 aromatic heterocycles. The Bertz CT molecular complexity index is 671. The normalized spacial score (nSPS) is 15.7. The zero-order valence-corrected chi connectivity index (χ0v) is 15.3. The van der Waals surface area contributed by atoms with Gasteiger partial charge in [-0.25, -0.2) is 4.79 Å². The lowest BCUT2D eigenvalue weighted by Crippen LogP contribution is -2.17. The van der Waals surface area contributed by atoms with Crippen molar-refractivity contribution < 1.29 is 24.5 Å². The molecule has 0 amide bonds. The van der Waals surface area contributed by atoms with Crippen LogP contribution < -0.4 is 5.63 Å². The van der Waals surface area contributed by atoms with Gasteiger partial charge in [-0.2, -0.15) is 0 Å². The highest BCUT2D eigenvalue weighted by molar-refractivity contribution is 5.79. The maximum absolute atomic E-state index is 12.0. The molecule has 140 valence electrons. The smallest absolute Gasteiger partial charge is 0.342 e. The first-order chi connectivity index (χ1) is 11.6. The molecule has 3 atom stereocenters. The van der Waals surface area contributed by atoms with Crippen molar-refractivity contribution in [2.24, 2.45) is 5.92 Å². The van der Waals surface area contributed by atoms with Gasteiger partial charge in [-0.05, 0) is 33.1 Å². The van der Waals surface area contributed by atoms with E-state index < -0.39 is 17.8 Å². The molecule has 0 aliphatic heterocycles. The predicted molar refractivity (Wildman–Crippen MR) is 94.6 cm³/mol. The molecule has 6 nitrogen and oxygen atoms in total. The molecule has 3 unspecified atom stereocenters. The second-order valence-corrected chi connectivity index (χ2v) is 6.72. The average Bonchev–Trinajstić information content (AvgIpc) is 2.50. The minimum atomic E-state index is -0.974. The van der Waals surface area contributed by atoms with Crippen molar-refractivity contribution in [3.8, 4) is 5.75 Å². The topological polar surface area (TPSA) is 108 Å². The number of hydrogen-bond acceptors (Lipinski definition) is 6. The first-order valence-corrected chi connectivity index (χ1v) is 8.47. The second-order valence-electron chi connectivity index (χ2n) is 6.72. The molecule has 0 aliphatic rings. The number of allylic oxidation sites excluding steroid dienone is 1. The van der Waals surface area contributed by atoms with Gasteiger partial charge < -0.3 is 19.7 Å². The fourth-order valence-corrected chi connectivity index (χ4v) is 2.37. The molecule has 0 bridgehead atoms. The molecule has 0 saturated carbocycles. The largest absolute Gasteiger partial charge is 0.507 e. The van der Waals surface area contributed by atoms with E-state index in [2.05, 4.69) is 0 Å². The summed E-state index contributed by atoms with van der Waals surface area (Å²) in [5, 5.41) is 29.1. The standard InChI is InChI=1S/C19H28O6/c1-11(7-12(2)14(4)20)5-6-15(21)8-16(22)9-17-10-18(23)13(3)19(24)25-17/h7,10,12,14,16,20,22-23H,5-6,8-9H2,1-4H3/b11-7+. The number of rotatable bonds is 9. The number of hydrogen-bond donors (Lipinski definition) is 3. The Balaban J connectivity index is 2.51. The van der Waals surface area contributed by atoms with Gasteiger partial charge in [0.15, 0.2) is 0 Å². The predicted octanol–water partition coefficient (Wildman–Crippen LogP) is 2.26. The lowest BCUT2D eigenvalue weighted by Gasteiger charge is -2.12. The van der Waals surface area contributed by atoms with Gasteiger partial charge in [0.1, 0.15) is 17.3 Å². The van der Waals surface area contributed by atoms with Crippen LogP contribution in [-0.2, 0) is 11.2 Å². The van der Waals surface area contributed by atoms with Crippen molar-refractivity contribution in [1.82, 2.24) is 0 Å². The van der Waals surface area contributed by atoms with Gasteiger partial charge in [0.25, 0.3) is 0 Å². The Morgan fingerprint density at radius 1 is 1.28 bits per heavy atom. The highest BCUT2D eigenvalue weighted by Crippen LogP contribution is 2.17. The summed E-state index contributed by atoms with van der Waals surface area (Å²) < 4.78 is 4.99. The molecule has 1 rings (SSSR count). The maximum Gasteiger partial charge on any atom is 0.342 e. The number of aliphatic hydroxyl groups excluding tert-OH is 2. The van der Waals surface area contributed by atoms with E-state index in [0.29, 0.717) is 12.8 Å². The third-order valence-corrected chi connectivity index (χ3v) is 4.22. The number of carbonyl (C=O) groups excluding carboxylic acids is 1. The van der Waals surface area contributed by atoms with E-state index >= 15 is 0 Å². The van der Waals surface area contributed by atoms with E-state index in [4.69, 9.17) is 4.42 Å². The summed E-state index contributed by atoms with van der Waals surface area (Å²) in [6.07, 6.45) is 1.35. The highest BCUT2D eigenvalue weighted by atomic mass is 16.4. The van der Waals surface area contributed by atoms with Crippen LogP contribution in [0, 0.1) is 12.8 Å². The Labute approximate surface area is 147 Å². The van der Waals surface area contributed by atoms with Crippen molar-refractivity contribution in [1.29, 1.82) is 0 Å². The molecule has 1 heterocycles. The van der Waals surface area contributed by atoms with E-state index in [9.17, 15) is 24.9 Å². The Hall–Kier alpha value is -1.92. The van der Waals surface area contributed by atoms with E-state index in [0.717, 1.165) is 5.57 Å². The van der Waals surface area contributed by atoms with Gasteiger partial charge in [-0.15, -0.1) is 0 Å². The molecule has 0 radical (unpaired) electrons. The summed E-state index contributed by atoms with van der Waals surface area (Å²) in [6.45, 7) is 6.98. The molecular weight excluding hydrogens is 324 g/mol. The number of Topliss-reactive ketones (excluding diaryl/α,β-unsaturated/α-hetero) is 1. The first-order valence-electron chi connectivity index (χ1n) is 8.47. The minimum Gasteiger partial charge on any atom is -0.507 e. The van der Waals surface area contributed by atoms with Gasteiger partial charge in [0.05, 0.1) is 17.8 Å². The molecule has 6 heteroatoms. The summed E-state index contributed by atoms with van der Waals surface area (Å²) in [4.78, 5) is 23.5. The lowest BCUT2D eigenvalue weighted by molar-refractivity contribution is -0.120. The van der Waals surface area contributed by atoms with Crippen LogP contribution in [0.25, 0.3) is 0 Å². The van der Waals surface area contributed by atoms with Crippen molar-refractivity contribution in [2.45, 2.75) is 65.6 Å². The van der Waals surface area contributed by atoms with Crippen LogP contribution in [0.4, 0.5) is 0 Å². The summed E-state index contributed by atoms with van der Waals surface area (Å²) >= 11 is 0. The molecule has 0 fully saturated rings. The zero-order chi connectivity index (χ0) is 19.1. The van der Waals surface area contributed by atoms with Gasteiger partial charge in [0.2, 0.25) is 0 Å². The van der Waals surface area contributed by atoms with Crippen LogP contribution in [0.3, 0.4) is 0 Å². The Morgan fingerprint density at radius 3 is 2.48 bits per heavy atom. The van der Waals surface area contributed by atoms with Crippen molar-refractivity contribution >= 4 is 5.78 Å². The molecular formula is C19H28O6. The molecule has 25 heavy (non-hydrogen) atoms. The SMILES string of the molecule is C/C(=C\C(C)C(C)O)CCC(=O)CC(O)Cc1cc(O)c(C)c(=O)o1. The third kappa shape index (κ3) is 7.23. The summed E-state index contributed by atoms with van der Waals surface area (Å²) in [5.74, 6) is -0.102. The molecule has 0 saturated heterocycles. The molecule has 1 aromatic rings. The van der Waals surface area contributed by atoms with Crippen molar-refractivity contribution in [3.05, 3.63) is 39.5 Å².